The lowest BCUT2D eigenvalue weighted by molar-refractivity contribution is 0.754. The quantitative estimate of drug-likeness (QED) is 0.141. The predicted octanol–water partition coefficient (Wildman–Crippen LogP) is 26.3. The van der Waals surface area contributed by atoms with Crippen LogP contribution in [0.2, 0.25) is 0 Å². The smallest absolute Gasteiger partial charge is 0.00553 e. The molecule has 3 aromatic rings. The van der Waals surface area contributed by atoms with Crippen molar-refractivity contribution in [1.82, 2.24) is 0 Å². The largest absolute Gasteiger partial charge is 0.0990 e. The lowest BCUT2D eigenvalue weighted by atomic mass is 9.92. The van der Waals surface area contributed by atoms with Gasteiger partial charge in [-0.1, -0.05) is 309 Å². The lowest BCUT2D eigenvalue weighted by Gasteiger charge is -2.13. The molecule has 0 nitrogen and oxygen atoms in total. The highest BCUT2D eigenvalue weighted by atomic mass is 14.2. The van der Waals surface area contributed by atoms with Crippen molar-refractivity contribution in [3.8, 4) is 0 Å². The Labute approximate surface area is 519 Å². The van der Waals surface area contributed by atoms with Crippen LogP contribution in [-0.2, 0) is 6.42 Å². The van der Waals surface area contributed by atoms with Crippen LogP contribution in [0.1, 0.15) is 221 Å². The van der Waals surface area contributed by atoms with E-state index in [0.717, 1.165) is 25.7 Å². The van der Waals surface area contributed by atoms with Crippen LogP contribution in [0.3, 0.4) is 0 Å². The Kier molecular flexibility index (Phi) is 35.2. The maximum Gasteiger partial charge on any atom is -0.00553 e. The molecule has 0 N–H and O–H groups in total. The third-order valence-electron chi connectivity index (χ3n) is 16.1. The first-order valence-corrected chi connectivity index (χ1v) is 31.5. The van der Waals surface area contributed by atoms with Gasteiger partial charge in [0.1, 0.15) is 0 Å². The molecule has 0 heterocycles. The Bertz CT molecular complexity index is 2950. The van der Waals surface area contributed by atoms with Crippen molar-refractivity contribution >= 4 is 18.2 Å². The van der Waals surface area contributed by atoms with Crippen LogP contribution >= 0.6 is 0 Å². The van der Waals surface area contributed by atoms with Gasteiger partial charge in [-0.05, 0) is 213 Å². The molecule has 0 aromatic heterocycles. The Hall–Kier alpha value is -6.50. The molecular formula is C84H118. The minimum absolute atomic E-state index is 0.581. The fraction of sp³-hybridized carbons (Fsp3) is 0.405. The van der Waals surface area contributed by atoms with E-state index in [1.165, 1.54) is 111 Å². The number of hydrogen-bond acceptors (Lipinski definition) is 0. The van der Waals surface area contributed by atoms with Gasteiger partial charge in [0.25, 0.3) is 0 Å². The van der Waals surface area contributed by atoms with Gasteiger partial charge in [-0.15, -0.1) is 0 Å². The molecule has 454 valence electrons. The number of hydrogen-bond donors (Lipinski definition) is 0. The molecule has 0 radical (unpaired) electrons. The van der Waals surface area contributed by atoms with Crippen LogP contribution in [-0.4, -0.2) is 0 Å². The summed E-state index contributed by atoms with van der Waals surface area (Å²) in [6.07, 6.45) is 34.4. The fourth-order valence-corrected chi connectivity index (χ4v) is 9.84. The molecule has 0 bridgehead atoms. The maximum atomic E-state index is 4.02. The van der Waals surface area contributed by atoms with Crippen LogP contribution in [0, 0.1) is 43.4 Å². The Morgan fingerprint density at radius 3 is 1.49 bits per heavy atom. The number of rotatable bonds is 14. The summed E-state index contributed by atoms with van der Waals surface area (Å²) in [6.45, 7) is 69.7. The number of benzene rings is 3. The zero-order valence-electron chi connectivity index (χ0n) is 57.8. The fourth-order valence-electron chi connectivity index (χ4n) is 9.84. The van der Waals surface area contributed by atoms with E-state index in [-0.39, 0.29) is 0 Å². The number of allylic oxidation sites excluding steroid dienone is 24. The van der Waals surface area contributed by atoms with Crippen LogP contribution in [0.15, 0.2) is 233 Å². The average molecular weight is 1130 g/mol. The zero-order valence-corrected chi connectivity index (χ0v) is 57.8. The number of fused-ring (bicyclic) bond motifs is 1. The standard InChI is InChI=1S/C12H14.2C12H18.3C12H16.C12H20/c1-9(2)12-7-10-5-3-4-6-11(10)8-12;2*1-9(2)11(4)8-12-7-5-6-10(12)3;1-5-11-6-7-12(9(2)3)8-10(11)4;1-5-11-7-6-8-12(9(2)3)10(11)4;1-5-6-12-10(4)7-8-11(12)9(2)3;1-7-11(9(3)4)12(8-2)10(5)6/h3-7,9H,8H2,1-2H3;2*5,7-9H,6H2,1-4H3;2*5-9H,1H2,2-4H3;5-6,8-9H,1,4,7H2,2-3H3;7-8,10H,1H2,2-6H3/b;2*11-8+;;;12-6+;12-8-. The second kappa shape index (κ2) is 39.2. The van der Waals surface area contributed by atoms with E-state index in [1.54, 1.807) is 5.57 Å². The summed E-state index contributed by atoms with van der Waals surface area (Å²) in [5.41, 5.74) is 29.2. The van der Waals surface area contributed by atoms with Crippen molar-refractivity contribution in [2.45, 2.75) is 197 Å². The van der Waals surface area contributed by atoms with E-state index in [0.29, 0.717) is 41.4 Å². The number of aryl methyl sites for hydroxylation is 1. The molecule has 0 atom stereocenters. The van der Waals surface area contributed by atoms with Crippen molar-refractivity contribution in [2.75, 3.05) is 0 Å². The van der Waals surface area contributed by atoms with Crippen molar-refractivity contribution in [3.05, 3.63) is 277 Å². The second-order valence-corrected chi connectivity index (χ2v) is 25.4. The molecule has 4 aliphatic carbocycles. The molecule has 0 spiro atoms. The van der Waals surface area contributed by atoms with Gasteiger partial charge in [-0.3, -0.25) is 0 Å². The average Bonchev–Trinajstić information content (AvgIpc) is 4.40. The Morgan fingerprint density at radius 2 is 1.12 bits per heavy atom. The highest BCUT2D eigenvalue weighted by Crippen LogP contribution is 2.34. The summed E-state index contributed by atoms with van der Waals surface area (Å²) in [5, 5.41) is 0. The summed E-state index contributed by atoms with van der Waals surface area (Å²) in [7, 11) is 0. The molecule has 0 unspecified atom stereocenters. The third-order valence-corrected chi connectivity index (χ3v) is 16.1. The van der Waals surface area contributed by atoms with Gasteiger partial charge in [0.2, 0.25) is 0 Å². The topological polar surface area (TPSA) is 0 Å². The third kappa shape index (κ3) is 25.8. The molecule has 7 rings (SSSR count). The van der Waals surface area contributed by atoms with Gasteiger partial charge in [-0.25, -0.2) is 0 Å². The lowest BCUT2D eigenvalue weighted by Crippen LogP contribution is -1.97. The summed E-state index contributed by atoms with van der Waals surface area (Å²) in [4.78, 5) is 0. The van der Waals surface area contributed by atoms with Gasteiger partial charge in [-0.2, -0.15) is 0 Å². The molecule has 0 aliphatic heterocycles. The van der Waals surface area contributed by atoms with Crippen LogP contribution in [0.4, 0.5) is 0 Å². The first kappa shape index (κ1) is 75.5. The molecule has 84 heavy (non-hydrogen) atoms. The Balaban J connectivity index is 0.000000490. The summed E-state index contributed by atoms with van der Waals surface area (Å²) in [6, 6.07) is 21.6. The summed E-state index contributed by atoms with van der Waals surface area (Å²) >= 11 is 0. The molecule has 0 saturated heterocycles. The molecule has 0 heteroatoms. The highest BCUT2D eigenvalue weighted by molar-refractivity contribution is 5.64. The normalized spacial score (nSPS) is 14.9. The van der Waals surface area contributed by atoms with Crippen molar-refractivity contribution in [2.24, 2.45) is 29.6 Å². The van der Waals surface area contributed by atoms with Crippen molar-refractivity contribution in [3.63, 3.8) is 0 Å². The van der Waals surface area contributed by atoms with E-state index < -0.39 is 0 Å². The molecule has 3 aromatic carbocycles. The van der Waals surface area contributed by atoms with E-state index >= 15 is 0 Å². The highest BCUT2D eigenvalue weighted by Gasteiger charge is 2.17. The van der Waals surface area contributed by atoms with Crippen molar-refractivity contribution in [1.29, 1.82) is 0 Å². The Morgan fingerprint density at radius 1 is 0.571 bits per heavy atom. The minimum atomic E-state index is 0.581. The first-order chi connectivity index (χ1) is 39.5. The van der Waals surface area contributed by atoms with E-state index in [9.17, 15) is 0 Å². The molecule has 0 amide bonds. The van der Waals surface area contributed by atoms with Gasteiger partial charge in [0.05, 0.1) is 0 Å². The monoisotopic (exact) mass is 1130 g/mol. The van der Waals surface area contributed by atoms with E-state index in [1.807, 2.05) is 24.3 Å². The molecule has 0 saturated carbocycles. The van der Waals surface area contributed by atoms with Gasteiger partial charge < -0.3 is 0 Å². The minimum Gasteiger partial charge on any atom is -0.0990 e. The van der Waals surface area contributed by atoms with Crippen LogP contribution < -0.4 is 0 Å². The predicted molar refractivity (Wildman–Crippen MR) is 386 cm³/mol. The zero-order chi connectivity index (χ0) is 64.0. The SMILES string of the molecule is C=C/C=C1\C(=C)CC=C1C(C)C.C=CC(=C(C)C)/C(=C\C)C(C)C.C=Cc1ccc(C(C)C)cc1C.C=Cc1cccc(C(C)C)c1C.CC(C)C1=Cc2ccccc2C1.CC1=C(/C=C(\C)C(C)C)C=CC1.CC1=C(/C=C(\C)C(C)C)C=CC1. The van der Waals surface area contributed by atoms with E-state index in [4.69, 9.17) is 0 Å². The van der Waals surface area contributed by atoms with Crippen LogP contribution in [0.25, 0.3) is 18.2 Å². The van der Waals surface area contributed by atoms with Gasteiger partial charge >= 0.3 is 0 Å². The van der Waals surface area contributed by atoms with Crippen LogP contribution in [0.5, 0.6) is 0 Å². The summed E-state index contributed by atoms with van der Waals surface area (Å²) in [5.74, 6) is 4.41. The second-order valence-electron chi connectivity index (χ2n) is 25.4. The van der Waals surface area contributed by atoms with Gasteiger partial charge in [0.15, 0.2) is 0 Å². The summed E-state index contributed by atoms with van der Waals surface area (Å²) < 4.78 is 0. The van der Waals surface area contributed by atoms with Crippen molar-refractivity contribution < 1.29 is 0 Å². The molecular weight excluding hydrogens is 1010 g/mol. The molecule has 0 fully saturated rings. The molecule has 4 aliphatic rings. The maximum absolute atomic E-state index is 4.02. The van der Waals surface area contributed by atoms with Gasteiger partial charge in [0, 0.05) is 0 Å². The van der Waals surface area contributed by atoms with E-state index in [2.05, 4.69) is 314 Å². The first-order valence-electron chi connectivity index (χ1n) is 31.5.